The number of carbonyl (C=O) groups excluding carboxylic acids is 2. The van der Waals surface area contributed by atoms with Crippen LogP contribution in [-0.2, 0) is 11.2 Å². The Hall–Kier alpha value is -2.70. The molecule has 0 radical (unpaired) electrons. The molecule has 1 aliphatic rings. The van der Waals surface area contributed by atoms with E-state index in [1.165, 1.54) is 11.3 Å². The Morgan fingerprint density at radius 1 is 1.13 bits per heavy atom. The van der Waals surface area contributed by atoms with Gasteiger partial charge in [0.05, 0.1) is 0 Å². The zero-order valence-electron chi connectivity index (χ0n) is 17.3. The summed E-state index contributed by atoms with van der Waals surface area (Å²) >= 11 is 7.42. The van der Waals surface area contributed by atoms with Crippen molar-refractivity contribution < 1.29 is 9.59 Å². The van der Waals surface area contributed by atoms with Gasteiger partial charge in [-0.15, -0.1) is 11.3 Å². The summed E-state index contributed by atoms with van der Waals surface area (Å²) in [5, 5.41) is 4.29. The van der Waals surface area contributed by atoms with E-state index in [2.05, 4.69) is 10.3 Å². The lowest BCUT2D eigenvalue weighted by molar-refractivity contribution is -0.121. The molecular weight excluding hydrogens is 430 g/mol. The van der Waals surface area contributed by atoms with Gasteiger partial charge in [0.2, 0.25) is 5.91 Å². The highest BCUT2D eigenvalue weighted by Gasteiger charge is 2.28. The number of anilines is 1. The molecule has 1 aliphatic heterocycles. The zero-order chi connectivity index (χ0) is 21.8. The summed E-state index contributed by atoms with van der Waals surface area (Å²) in [6.07, 6.45) is 3.88. The second-order valence-corrected chi connectivity index (χ2v) is 9.36. The smallest absolute Gasteiger partial charge is 0.254 e. The van der Waals surface area contributed by atoms with Crippen molar-refractivity contribution in [2.45, 2.75) is 26.2 Å². The quantitative estimate of drug-likeness (QED) is 0.578. The van der Waals surface area contributed by atoms with Crippen LogP contribution in [0.15, 0.2) is 54.7 Å². The molecule has 0 saturated carbocycles. The Morgan fingerprint density at radius 3 is 2.55 bits per heavy atom. The van der Waals surface area contributed by atoms with Crippen LogP contribution in [0.5, 0.6) is 0 Å². The SMILES string of the molecule is Cc1ccccc1C(=O)N1CCC(C(=O)Nc2ncc(Cc3ccc(Cl)cc3)s2)CC1. The van der Waals surface area contributed by atoms with Gasteiger partial charge < -0.3 is 10.2 Å². The van der Waals surface area contributed by atoms with Crippen LogP contribution in [0.1, 0.15) is 39.2 Å². The topological polar surface area (TPSA) is 62.3 Å². The van der Waals surface area contributed by atoms with Crippen molar-refractivity contribution in [3.8, 4) is 0 Å². The van der Waals surface area contributed by atoms with E-state index < -0.39 is 0 Å². The molecule has 160 valence electrons. The van der Waals surface area contributed by atoms with Gasteiger partial charge in [0.15, 0.2) is 5.13 Å². The van der Waals surface area contributed by atoms with Crippen molar-refractivity contribution in [1.29, 1.82) is 0 Å². The first-order valence-corrected chi connectivity index (χ1v) is 11.5. The Bertz CT molecular complexity index is 1070. The van der Waals surface area contributed by atoms with Gasteiger partial charge in [-0.05, 0) is 49.1 Å². The van der Waals surface area contributed by atoms with Crippen LogP contribution in [0.25, 0.3) is 0 Å². The molecule has 2 aromatic carbocycles. The van der Waals surface area contributed by atoms with Gasteiger partial charge in [0.25, 0.3) is 5.91 Å². The van der Waals surface area contributed by atoms with Gasteiger partial charge in [-0.25, -0.2) is 4.98 Å². The molecule has 1 aromatic heterocycles. The fourth-order valence-corrected chi connectivity index (χ4v) is 4.76. The second kappa shape index (κ2) is 9.62. The van der Waals surface area contributed by atoms with Gasteiger partial charge >= 0.3 is 0 Å². The molecular formula is C24H24ClN3O2S. The number of nitrogens with zero attached hydrogens (tertiary/aromatic N) is 2. The van der Waals surface area contributed by atoms with Gasteiger partial charge in [0, 0.05) is 47.1 Å². The van der Waals surface area contributed by atoms with Gasteiger partial charge in [-0.3, -0.25) is 9.59 Å². The van der Waals surface area contributed by atoms with Crippen molar-refractivity contribution in [3.63, 3.8) is 0 Å². The predicted molar refractivity (Wildman–Crippen MR) is 125 cm³/mol. The van der Waals surface area contributed by atoms with Crippen LogP contribution in [0.4, 0.5) is 5.13 Å². The van der Waals surface area contributed by atoms with Crippen molar-refractivity contribution in [2.75, 3.05) is 18.4 Å². The van der Waals surface area contributed by atoms with E-state index in [0.717, 1.165) is 28.0 Å². The molecule has 31 heavy (non-hydrogen) atoms. The summed E-state index contributed by atoms with van der Waals surface area (Å²) in [5.74, 6) is -0.0800. The highest BCUT2D eigenvalue weighted by atomic mass is 35.5. The van der Waals surface area contributed by atoms with Crippen molar-refractivity contribution in [2.24, 2.45) is 5.92 Å². The maximum absolute atomic E-state index is 12.8. The highest BCUT2D eigenvalue weighted by molar-refractivity contribution is 7.15. The normalized spacial score (nSPS) is 14.5. The van der Waals surface area contributed by atoms with Crippen molar-refractivity contribution in [1.82, 2.24) is 9.88 Å². The number of aryl methyl sites for hydroxylation is 1. The number of likely N-dealkylation sites (tertiary alicyclic amines) is 1. The van der Waals surface area contributed by atoms with Crippen molar-refractivity contribution >= 4 is 39.9 Å². The van der Waals surface area contributed by atoms with E-state index >= 15 is 0 Å². The minimum absolute atomic E-state index is 0.0182. The molecule has 4 rings (SSSR count). The van der Waals surface area contributed by atoms with Gasteiger partial charge in [0.1, 0.15) is 0 Å². The number of rotatable bonds is 5. The van der Waals surface area contributed by atoms with E-state index in [9.17, 15) is 9.59 Å². The lowest BCUT2D eigenvalue weighted by Gasteiger charge is -2.31. The number of piperidine rings is 1. The number of carbonyl (C=O) groups is 2. The number of thiazole rings is 1. The number of benzene rings is 2. The summed E-state index contributed by atoms with van der Waals surface area (Å²) < 4.78 is 0. The van der Waals surface area contributed by atoms with Crippen LogP contribution >= 0.6 is 22.9 Å². The second-order valence-electron chi connectivity index (χ2n) is 7.81. The first-order chi connectivity index (χ1) is 15.0. The number of halogens is 1. The number of nitrogens with one attached hydrogen (secondary N) is 1. The zero-order valence-corrected chi connectivity index (χ0v) is 18.9. The molecule has 1 saturated heterocycles. The number of hydrogen-bond acceptors (Lipinski definition) is 4. The van der Waals surface area contributed by atoms with E-state index in [-0.39, 0.29) is 17.7 Å². The first-order valence-electron chi connectivity index (χ1n) is 10.3. The first kappa shape index (κ1) is 21.5. The van der Waals surface area contributed by atoms with Crippen molar-refractivity contribution in [3.05, 3.63) is 81.3 Å². The molecule has 0 aliphatic carbocycles. The fourth-order valence-electron chi connectivity index (χ4n) is 3.79. The Morgan fingerprint density at radius 2 is 1.84 bits per heavy atom. The van der Waals surface area contributed by atoms with Crippen LogP contribution in [0.3, 0.4) is 0 Å². The van der Waals surface area contributed by atoms with Crippen LogP contribution in [-0.4, -0.2) is 34.8 Å². The Labute approximate surface area is 191 Å². The molecule has 7 heteroatoms. The molecule has 2 heterocycles. The Kier molecular flexibility index (Phi) is 6.68. The number of hydrogen-bond donors (Lipinski definition) is 1. The predicted octanol–water partition coefficient (Wildman–Crippen LogP) is 5.19. The molecule has 1 fully saturated rings. The summed E-state index contributed by atoms with van der Waals surface area (Å²) in [5.41, 5.74) is 2.86. The monoisotopic (exact) mass is 453 g/mol. The van der Waals surface area contributed by atoms with Gasteiger partial charge in [-0.2, -0.15) is 0 Å². The summed E-state index contributed by atoms with van der Waals surface area (Å²) in [6.45, 7) is 3.12. The lowest BCUT2D eigenvalue weighted by Crippen LogP contribution is -2.41. The summed E-state index contributed by atoms with van der Waals surface area (Å²) in [4.78, 5) is 32.8. The minimum Gasteiger partial charge on any atom is -0.339 e. The minimum atomic E-state index is -0.107. The summed E-state index contributed by atoms with van der Waals surface area (Å²) in [7, 11) is 0. The third-order valence-corrected chi connectivity index (χ3v) is 6.77. The molecule has 5 nitrogen and oxygen atoms in total. The maximum Gasteiger partial charge on any atom is 0.254 e. The molecule has 0 bridgehead atoms. The standard InChI is InChI=1S/C24H24ClN3O2S/c1-16-4-2-3-5-21(16)23(30)28-12-10-18(11-13-28)22(29)27-24-26-15-20(31-24)14-17-6-8-19(25)9-7-17/h2-9,15,18H,10-14H2,1H3,(H,26,27,29). The highest BCUT2D eigenvalue weighted by Crippen LogP contribution is 2.25. The van der Waals surface area contributed by atoms with E-state index in [4.69, 9.17) is 11.6 Å². The van der Waals surface area contributed by atoms with Crippen LogP contribution in [0, 0.1) is 12.8 Å². The number of amides is 2. The van der Waals surface area contributed by atoms with E-state index in [1.54, 1.807) is 6.20 Å². The average Bonchev–Trinajstić information content (AvgIpc) is 3.22. The van der Waals surface area contributed by atoms with E-state index in [0.29, 0.717) is 36.1 Å². The molecule has 2 amide bonds. The number of aromatic nitrogens is 1. The van der Waals surface area contributed by atoms with Crippen LogP contribution < -0.4 is 5.32 Å². The van der Waals surface area contributed by atoms with Crippen LogP contribution in [0.2, 0.25) is 5.02 Å². The summed E-state index contributed by atoms with van der Waals surface area (Å²) in [6, 6.07) is 15.4. The largest absolute Gasteiger partial charge is 0.339 e. The van der Waals surface area contributed by atoms with E-state index in [1.807, 2.05) is 60.4 Å². The molecule has 1 N–H and O–H groups in total. The molecule has 0 spiro atoms. The molecule has 0 unspecified atom stereocenters. The average molecular weight is 454 g/mol. The third-order valence-electron chi connectivity index (χ3n) is 5.60. The van der Waals surface area contributed by atoms with Gasteiger partial charge in [-0.1, -0.05) is 41.9 Å². The fraction of sp³-hybridized carbons (Fsp3) is 0.292. The maximum atomic E-state index is 12.8. The third kappa shape index (κ3) is 5.32. The Balaban J connectivity index is 1.29. The molecule has 3 aromatic rings. The lowest BCUT2D eigenvalue weighted by atomic mass is 9.95. The molecule has 0 atom stereocenters.